The van der Waals surface area contributed by atoms with Crippen molar-refractivity contribution in [2.45, 2.75) is 20.0 Å². The zero-order chi connectivity index (χ0) is 17.4. The topological polar surface area (TPSA) is 74.6 Å². The van der Waals surface area contributed by atoms with E-state index in [1.165, 1.54) is 6.07 Å². The Balaban J connectivity index is 1.91. The summed E-state index contributed by atoms with van der Waals surface area (Å²) in [7, 11) is 0. The summed E-state index contributed by atoms with van der Waals surface area (Å²) in [5.74, 6) is 0. The number of carbonyl (C=O) groups excluding carboxylic acids is 1. The van der Waals surface area contributed by atoms with E-state index in [1.807, 2.05) is 37.3 Å². The van der Waals surface area contributed by atoms with Gasteiger partial charge in [-0.3, -0.25) is 4.79 Å². The third kappa shape index (κ3) is 4.96. The van der Waals surface area contributed by atoms with Gasteiger partial charge in [0.15, 0.2) is 0 Å². The lowest BCUT2D eigenvalue weighted by Crippen LogP contribution is -2.41. The summed E-state index contributed by atoms with van der Waals surface area (Å²) < 4.78 is 1.64. The molecule has 0 aliphatic carbocycles. The number of hydrogen-bond acceptors (Lipinski definition) is 3. The first kappa shape index (κ1) is 17.7. The van der Waals surface area contributed by atoms with Gasteiger partial charge in [-0.2, -0.15) is 0 Å². The molecule has 0 spiro atoms. The number of hydrogen-bond donors (Lipinski definition) is 2. The lowest BCUT2D eigenvalue weighted by atomic mass is 10.1. The van der Waals surface area contributed by atoms with E-state index in [2.05, 4.69) is 5.32 Å². The third-order valence-electron chi connectivity index (χ3n) is 3.76. The number of amides is 2. The molecule has 6 nitrogen and oxygen atoms in total. The average Bonchev–Trinajstić information content (AvgIpc) is 2.60. The molecule has 2 amide bonds. The van der Waals surface area contributed by atoms with E-state index in [0.717, 1.165) is 11.1 Å². The van der Waals surface area contributed by atoms with E-state index in [0.29, 0.717) is 26.2 Å². The number of urea groups is 1. The summed E-state index contributed by atoms with van der Waals surface area (Å²) in [6.07, 6.45) is 1.76. The van der Waals surface area contributed by atoms with Gasteiger partial charge in [0, 0.05) is 31.9 Å². The van der Waals surface area contributed by atoms with Crippen molar-refractivity contribution in [3.63, 3.8) is 0 Å². The summed E-state index contributed by atoms with van der Waals surface area (Å²) in [5.41, 5.74) is 1.97. The molecule has 0 atom stereocenters. The van der Waals surface area contributed by atoms with Crippen LogP contribution in [0.1, 0.15) is 18.1 Å². The summed E-state index contributed by atoms with van der Waals surface area (Å²) in [5, 5.41) is 11.8. The number of nitrogens with zero attached hydrogens (tertiary/aromatic N) is 2. The van der Waals surface area contributed by atoms with Crippen molar-refractivity contribution in [1.82, 2.24) is 14.8 Å². The van der Waals surface area contributed by atoms with E-state index in [4.69, 9.17) is 5.11 Å². The van der Waals surface area contributed by atoms with E-state index in [9.17, 15) is 9.59 Å². The highest BCUT2D eigenvalue weighted by Crippen LogP contribution is 2.06. The highest BCUT2D eigenvalue weighted by atomic mass is 16.3. The molecule has 24 heavy (non-hydrogen) atoms. The highest BCUT2D eigenvalue weighted by molar-refractivity contribution is 5.74. The van der Waals surface area contributed by atoms with Gasteiger partial charge in [-0.1, -0.05) is 30.3 Å². The SMILES string of the molecule is CCN(CCO)C(=O)NCc1ccc(Cn2ccccc2=O)cc1. The first-order valence-electron chi connectivity index (χ1n) is 8.01. The summed E-state index contributed by atoms with van der Waals surface area (Å²) >= 11 is 0. The van der Waals surface area contributed by atoms with Gasteiger partial charge >= 0.3 is 6.03 Å². The largest absolute Gasteiger partial charge is 0.395 e. The number of aromatic nitrogens is 1. The van der Waals surface area contributed by atoms with Gasteiger partial charge in [-0.05, 0) is 24.1 Å². The molecule has 0 fully saturated rings. The molecule has 128 valence electrons. The number of nitrogens with one attached hydrogen (secondary N) is 1. The molecule has 0 unspecified atom stereocenters. The maximum atomic E-state index is 11.9. The second kappa shape index (κ2) is 8.88. The van der Waals surface area contributed by atoms with Crippen LogP contribution < -0.4 is 10.9 Å². The molecule has 0 radical (unpaired) electrons. The lowest BCUT2D eigenvalue weighted by molar-refractivity contribution is 0.180. The van der Waals surface area contributed by atoms with Gasteiger partial charge in [0.1, 0.15) is 0 Å². The first-order valence-corrected chi connectivity index (χ1v) is 8.01. The number of aliphatic hydroxyl groups excluding tert-OH is 1. The molecule has 2 N–H and O–H groups in total. The third-order valence-corrected chi connectivity index (χ3v) is 3.76. The number of rotatable bonds is 7. The minimum Gasteiger partial charge on any atom is -0.395 e. The van der Waals surface area contributed by atoms with Crippen LogP contribution >= 0.6 is 0 Å². The zero-order valence-corrected chi connectivity index (χ0v) is 13.8. The van der Waals surface area contributed by atoms with Gasteiger partial charge in [0.25, 0.3) is 5.56 Å². The van der Waals surface area contributed by atoms with Gasteiger partial charge < -0.3 is 19.9 Å². The zero-order valence-electron chi connectivity index (χ0n) is 13.8. The molecular weight excluding hydrogens is 306 g/mol. The summed E-state index contributed by atoms with van der Waals surface area (Å²) in [4.78, 5) is 25.2. The van der Waals surface area contributed by atoms with E-state index in [1.54, 1.807) is 21.7 Å². The van der Waals surface area contributed by atoms with Gasteiger partial charge in [-0.25, -0.2) is 4.79 Å². The molecular formula is C18H23N3O3. The van der Waals surface area contributed by atoms with Crippen LogP contribution in [0.2, 0.25) is 0 Å². The Hall–Kier alpha value is -2.60. The smallest absolute Gasteiger partial charge is 0.317 e. The van der Waals surface area contributed by atoms with Gasteiger partial charge in [0.05, 0.1) is 13.2 Å². The van der Waals surface area contributed by atoms with Crippen LogP contribution in [0.15, 0.2) is 53.5 Å². The molecule has 0 saturated heterocycles. The van der Waals surface area contributed by atoms with Gasteiger partial charge in [-0.15, -0.1) is 0 Å². The minimum absolute atomic E-state index is 0.0302. The second-order valence-corrected chi connectivity index (χ2v) is 5.45. The molecule has 0 bridgehead atoms. The molecule has 6 heteroatoms. The van der Waals surface area contributed by atoms with Crippen LogP contribution in [0.4, 0.5) is 4.79 Å². The van der Waals surface area contributed by atoms with Crippen LogP contribution in [0.5, 0.6) is 0 Å². The molecule has 0 aliphatic rings. The van der Waals surface area contributed by atoms with E-state index >= 15 is 0 Å². The predicted octanol–water partition coefficient (Wildman–Crippen LogP) is 1.42. The fourth-order valence-electron chi connectivity index (χ4n) is 2.36. The van der Waals surface area contributed by atoms with Crippen molar-refractivity contribution in [3.8, 4) is 0 Å². The Labute approximate surface area is 141 Å². The average molecular weight is 329 g/mol. The van der Waals surface area contributed by atoms with E-state index in [-0.39, 0.29) is 18.2 Å². The fourth-order valence-corrected chi connectivity index (χ4v) is 2.36. The normalized spacial score (nSPS) is 10.4. The molecule has 1 heterocycles. The van der Waals surface area contributed by atoms with Crippen molar-refractivity contribution in [2.75, 3.05) is 19.7 Å². The standard InChI is InChI=1S/C18H23N3O3/c1-2-20(11-12-22)18(24)19-13-15-6-8-16(9-7-15)14-21-10-4-3-5-17(21)23/h3-10,22H,2,11-14H2,1H3,(H,19,24). The summed E-state index contributed by atoms with van der Waals surface area (Å²) in [6, 6.07) is 12.7. The van der Waals surface area contributed by atoms with Crippen LogP contribution in [0.25, 0.3) is 0 Å². The van der Waals surface area contributed by atoms with Crippen LogP contribution in [0, 0.1) is 0 Å². The molecule has 0 aliphatic heterocycles. The van der Waals surface area contributed by atoms with Crippen molar-refractivity contribution >= 4 is 6.03 Å². The Morgan fingerprint density at radius 3 is 2.50 bits per heavy atom. The number of likely N-dealkylation sites (N-methyl/N-ethyl adjacent to an activating group) is 1. The molecule has 1 aromatic carbocycles. The van der Waals surface area contributed by atoms with Crippen LogP contribution in [-0.2, 0) is 13.1 Å². The molecule has 2 aromatic rings. The molecule has 2 rings (SSSR count). The van der Waals surface area contributed by atoms with Crippen molar-refractivity contribution < 1.29 is 9.90 Å². The number of carbonyl (C=O) groups is 1. The van der Waals surface area contributed by atoms with E-state index < -0.39 is 0 Å². The van der Waals surface area contributed by atoms with Crippen molar-refractivity contribution in [2.24, 2.45) is 0 Å². The first-order chi connectivity index (χ1) is 11.6. The number of aliphatic hydroxyl groups is 1. The molecule has 1 aromatic heterocycles. The highest BCUT2D eigenvalue weighted by Gasteiger charge is 2.09. The minimum atomic E-state index is -0.188. The lowest BCUT2D eigenvalue weighted by Gasteiger charge is -2.20. The summed E-state index contributed by atoms with van der Waals surface area (Å²) in [6.45, 7) is 3.65. The van der Waals surface area contributed by atoms with Crippen molar-refractivity contribution in [3.05, 3.63) is 70.1 Å². The maximum absolute atomic E-state index is 11.9. The Bertz CT molecular complexity index is 710. The van der Waals surface area contributed by atoms with Crippen LogP contribution in [-0.4, -0.2) is 40.3 Å². The predicted molar refractivity (Wildman–Crippen MR) is 92.8 cm³/mol. The number of pyridine rings is 1. The Morgan fingerprint density at radius 1 is 1.17 bits per heavy atom. The molecule has 0 saturated carbocycles. The van der Waals surface area contributed by atoms with Crippen molar-refractivity contribution in [1.29, 1.82) is 0 Å². The monoisotopic (exact) mass is 329 g/mol. The number of benzene rings is 1. The van der Waals surface area contributed by atoms with Gasteiger partial charge in [0.2, 0.25) is 0 Å². The Kier molecular flexibility index (Phi) is 6.57. The van der Waals surface area contributed by atoms with Crippen LogP contribution in [0.3, 0.4) is 0 Å². The second-order valence-electron chi connectivity index (χ2n) is 5.45. The quantitative estimate of drug-likeness (QED) is 0.807. The maximum Gasteiger partial charge on any atom is 0.317 e. The fraction of sp³-hybridized carbons (Fsp3) is 0.333. The Morgan fingerprint density at radius 2 is 1.88 bits per heavy atom.